The van der Waals surface area contributed by atoms with Gasteiger partial charge in [0.15, 0.2) is 0 Å². The van der Waals surface area contributed by atoms with Crippen LogP contribution in [0.3, 0.4) is 0 Å². The number of nitrogens with two attached hydrogens (primary N) is 1. The smallest absolute Gasteiger partial charge is 0.0554 e. The van der Waals surface area contributed by atoms with E-state index in [1.165, 1.54) is 0 Å². The highest BCUT2D eigenvalue weighted by molar-refractivity contribution is 7.19. The van der Waals surface area contributed by atoms with E-state index in [4.69, 9.17) is 5.73 Å². The predicted molar refractivity (Wildman–Crippen MR) is 34.1 cm³/mol. The van der Waals surface area contributed by atoms with Crippen molar-refractivity contribution in [3.05, 3.63) is 0 Å². The Kier molecular flexibility index (Phi) is 1.11. The van der Waals surface area contributed by atoms with Crippen molar-refractivity contribution in [1.29, 1.82) is 0 Å². The van der Waals surface area contributed by atoms with E-state index < -0.39 is 0 Å². The van der Waals surface area contributed by atoms with Crippen LogP contribution in [0.25, 0.3) is 0 Å². The zero-order valence-electron chi connectivity index (χ0n) is 4.52. The number of likely N-dealkylation sites (tertiary alicyclic amines) is 1. The van der Waals surface area contributed by atoms with Gasteiger partial charge >= 0.3 is 0 Å². The summed E-state index contributed by atoms with van der Waals surface area (Å²) in [5.41, 5.74) is 5.63. The molecule has 1 fully saturated rings. The van der Waals surface area contributed by atoms with E-state index in [9.17, 15) is 0 Å². The Labute approximate surface area is 46.3 Å². The molecule has 0 aromatic heterocycles. The fourth-order valence-corrected chi connectivity index (χ4v) is 1.58. The molecule has 0 aliphatic carbocycles. The zero-order chi connectivity index (χ0) is 5.49. The number of likely N-dealkylation sites (N-methyl/N-ethyl adjacent to an activating group) is 1. The summed E-state index contributed by atoms with van der Waals surface area (Å²) in [5.74, 6) is 0. The monoisotopic (exact) mass is 118 g/mol. The van der Waals surface area contributed by atoms with Gasteiger partial charge in [0.05, 0.1) is 5.28 Å². The SMILES string of the molecule is CN1CC(N)(P)C1. The van der Waals surface area contributed by atoms with Crippen LogP contribution in [0.1, 0.15) is 0 Å². The van der Waals surface area contributed by atoms with Crippen molar-refractivity contribution in [3.8, 4) is 0 Å². The Hall–Kier alpha value is 0.350. The lowest BCUT2D eigenvalue weighted by atomic mass is 10.1. The maximum Gasteiger partial charge on any atom is 0.0554 e. The molecule has 3 heteroatoms. The lowest BCUT2D eigenvalue weighted by molar-refractivity contribution is 0.168. The van der Waals surface area contributed by atoms with Crippen molar-refractivity contribution in [2.24, 2.45) is 5.73 Å². The summed E-state index contributed by atoms with van der Waals surface area (Å²) in [4.78, 5) is 2.19. The maximum atomic E-state index is 5.63. The summed E-state index contributed by atoms with van der Waals surface area (Å²) in [5, 5.41) is 0.0365. The van der Waals surface area contributed by atoms with E-state index in [2.05, 4.69) is 21.2 Å². The summed E-state index contributed by atoms with van der Waals surface area (Å²) < 4.78 is 0. The number of hydrogen-bond acceptors (Lipinski definition) is 2. The van der Waals surface area contributed by atoms with Crippen LogP contribution in [0.4, 0.5) is 0 Å². The summed E-state index contributed by atoms with van der Waals surface area (Å²) >= 11 is 0. The topological polar surface area (TPSA) is 29.3 Å². The molecule has 0 bridgehead atoms. The molecule has 2 nitrogen and oxygen atoms in total. The van der Waals surface area contributed by atoms with Gasteiger partial charge in [-0.15, -0.1) is 9.24 Å². The van der Waals surface area contributed by atoms with E-state index in [0.29, 0.717) is 0 Å². The van der Waals surface area contributed by atoms with E-state index in [0.717, 1.165) is 13.1 Å². The van der Waals surface area contributed by atoms with Gasteiger partial charge in [-0.3, -0.25) is 0 Å². The molecule has 0 aromatic rings. The molecule has 1 aliphatic heterocycles. The third-order valence-electron chi connectivity index (χ3n) is 1.13. The quantitative estimate of drug-likeness (QED) is 0.433. The summed E-state index contributed by atoms with van der Waals surface area (Å²) in [6.07, 6.45) is 0. The Morgan fingerprint density at radius 2 is 2.14 bits per heavy atom. The fraction of sp³-hybridized carbons (Fsp3) is 1.00. The third kappa shape index (κ3) is 1.12. The van der Waals surface area contributed by atoms with Crippen molar-refractivity contribution in [2.45, 2.75) is 5.28 Å². The highest BCUT2D eigenvalue weighted by Gasteiger charge is 2.31. The second-order valence-corrected chi connectivity index (χ2v) is 3.56. The lowest BCUT2D eigenvalue weighted by Crippen LogP contribution is -2.61. The molecule has 42 valence electrons. The lowest BCUT2D eigenvalue weighted by Gasteiger charge is -2.42. The maximum absolute atomic E-state index is 5.63. The van der Waals surface area contributed by atoms with E-state index >= 15 is 0 Å². The summed E-state index contributed by atoms with van der Waals surface area (Å²) in [6, 6.07) is 0. The molecule has 1 aliphatic rings. The Morgan fingerprint density at radius 3 is 2.14 bits per heavy atom. The first-order valence-corrected chi connectivity index (χ1v) is 2.94. The predicted octanol–water partition coefficient (Wildman–Crippen LogP) is -0.538. The molecule has 0 saturated carbocycles. The van der Waals surface area contributed by atoms with Gasteiger partial charge in [0, 0.05) is 13.1 Å². The fourth-order valence-electron chi connectivity index (χ4n) is 0.959. The minimum absolute atomic E-state index is 0.0365. The number of rotatable bonds is 0. The first-order chi connectivity index (χ1) is 3.10. The van der Waals surface area contributed by atoms with E-state index in [-0.39, 0.29) is 5.28 Å². The van der Waals surface area contributed by atoms with Crippen LogP contribution in [0.15, 0.2) is 0 Å². The summed E-state index contributed by atoms with van der Waals surface area (Å²) in [7, 11) is 4.70. The van der Waals surface area contributed by atoms with Crippen LogP contribution >= 0.6 is 9.24 Å². The van der Waals surface area contributed by atoms with Crippen molar-refractivity contribution < 1.29 is 0 Å². The first kappa shape index (κ1) is 5.49. The first-order valence-electron chi connectivity index (χ1n) is 2.36. The second kappa shape index (κ2) is 1.41. The minimum Gasteiger partial charge on any atom is -0.320 e. The van der Waals surface area contributed by atoms with Gasteiger partial charge in [0.1, 0.15) is 0 Å². The van der Waals surface area contributed by atoms with Crippen molar-refractivity contribution in [3.63, 3.8) is 0 Å². The van der Waals surface area contributed by atoms with Crippen molar-refractivity contribution in [2.75, 3.05) is 20.1 Å². The van der Waals surface area contributed by atoms with Crippen LogP contribution in [0.5, 0.6) is 0 Å². The second-order valence-electron chi connectivity index (χ2n) is 2.41. The van der Waals surface area contributed by atoms with Gasteiger partial charge in [-0.25, -0.2) is 0 Å². The molecule has 0 radical (unpaired) electrons. The van der Waals surface area contributed by atoms with Crippen LogP contribution in [0, 0.1) is 0 Å². The average Bonchev–Trinajstić information content (AvgIpc) is 1.27. The Balaban J connectivity index is 2.29. The molecule has 0 spiro atoms. The van der Waals surface area contributed by atoms with Crippen LogP contribution in [-0.2, 0) is 0 Å². The van der Waals surface area contributed by atoms with Gasteiger partial charge < -0.3 is 10.6 Å². The molecule has 1 atom stereocenters. The minimum atomic E-state index is 0.0365. The summed E-state index contributed by atoms with van der Waals surface area (Å²) in [6.45, 7) is 2.02. The van der Waals surface area contributed by atoms with E-state index in [1.54, 1.807) is 0 Å². The molecular weight excluding hydrogens is 107 g/mol. The third-order valence-corrected chi connectivity index (χ3v) is 1.49. The normalized spacial score (nSPS) is 29.6. The molecule has 0 amide bonds. The molecule has 1 rings (SSSR count). The molecule has 7 heavy (non-hydrogen) atoms. The number of hydrogen-bond donors (Lipinski definition) is 1. The molecule has 2 N–H and O–H groups in total. The molecule has 0 aromatic carbocycles. The largest absolute Gasteiger partial charge is 0.320 e. The molecular formula is C4H11N2P. The highest BCUT2D eigenvalue weighted by Crippen LogP contribution is 2.21. The average molecular weight is 118 g/mol. The van der Waals surface area contributed by atoms with Gasteiger partial charge in [-0.1, -0.05) is 0 Å². The van der Waals surface area contributed by atoms with Crippen molar-refractivity contribution in [1.82, 2.24) is 4.90 Å². The van der Waals surface area contributed by atoms with Crippen LogP contribution in [0.2, 0.25) is 0 Å². The van der Waals surface area contributed by atoms with Gasteiger partial charge in [-0.2, -0.15) is 0 Å². The van der Waals surface area contributed by atoms with Crippen LogP contribution in [-0.4, -0.2) is 30.3 Å². The Bertz CT molecular complexity index is 73.8. The molecule has 1 unspecified atom stereocenters. The van der Waals surface area contributed by atoms with Crippen LogP contribution < -0.4 is 5.73 Å². The standard InChI is InChI=1S/C4H11N2P/c1-6-2-4(5,7)3-6/h2-3,5,7H2,1H3. The van der Waals surface area contributed by atoms with Gasteiger partial charge in [0.25, 0.3) is 0 Å². The molecule has 1 saturated heterocycles. The van der Waals surface area contributed by atoms with Gasteiger partial charge in [0.2, 0.25) is 0 Å². The Morgan fingerprint density at radius 1 is 1.71 bits per heavy atom. The van der Waals surface area contributed by atoms with Crippen molar-refractivity contribution >= 4 is 9.24 Å². The zero-order valence-corrected chi connectivity index (χ0v) is 5.67. The highest BCUT2D eigenvalue weighted by atomic mass is 31.0. The van der Waals surface area contributed by atoms with E-state index in [1.807, 2.05) is 0 Å². The molecule has 1 heterocycles. The van der Waals surface area contributed by atoms with Gasteiger partial charge in [-0.05, 0) is 7.05 Å². The number of nitrogens with zero attached hydrogens (tertiary/aromatic N) is 1.